The largest absolute Gasteiger partial charge is 0.486 e. The summed E-state index contributed by atoms with van der Waals surface area (Å²) < 4.78 is 18.7. The summed E-state index contributed by atoms with van der Waals surface area (Å²) in [6.07, 6.45) is -0.0434. The van der Waals surface area contributed by atoms with Crippen LogP contribution in [-0.2, 0) is 0 Å². The van der Waals surface area contributed by atoms with Crippen molar-refractivity contribution in [3.63, 3.8) is 0 Å². The van der Waals surface area contributed by atoms with Crippen molar-refractivity contribution < 1.29 is 18.7 Å². The molecule has 1 aromatic rings. The highest BCUT2D eigenvalue weighted by Crippen LogP contribution is 2.44. The molecule has 0 saturated carbocycles. The molecule has 2 atom stereocenters. The van der Waals surface area contributed by atoms with Crippen LogP contribution in [0, 0.1) is 0 Å². The number of ether oxygens (including phenoxy) is 1. The Bertz CT molecular complexity index is 583. The Morgan fingerprint density at radius 3 is 2.75 bits per heavy atom. The molecule has 5 heteroatoms. The van der Waals surface area contributed by atoms with Crippen LogP contribution in [0.2, 0.25) is 0 Å². The number of carbonyl (C=O) groups is 2. The molecule has 0 aliphatic carbocycles. The van der Waals surface area contributed by atoms with Gasteiger partial charge in [0.2, 0.25) is 0 Å². The Kier molecular flexibility index (Phi) is 3.88. The van der Waals surface area contributed by atoms with Crippen LogP contribution in [0.1, 0.15) is 39.1 Å². The molecule has 1 N–H and O–H groups in total. The number of benzene rings is 1. The molecule has 0 fully saturated rings. The van der Waals surface area contributed by atoms with E-state index in [9.17, 15) is 14.0 Å². The Labute approximate surface area is 116 Å². The van der Waals surface area contributed by atoms with Crippen LogP contribution in [0.5, 0.6) is 5.75 Å². The second kappa shape index (κ2) is 5.45. The molecular weight excluding hydrogens is 261 g/mol. The van der Waals surface area contributed by atoms with Gasteiger partial charge in [0.25, 0.3) is 5.91 Å². The summed E-state index contributed by atoms with van der Waals surface area (Å²) in [7, 11) is 1.49. The summed E-state index contributed by atoms with van der Waals surface area (Å²) in [6, 6.07) is 3.07. The lowest BCUT2D eigenvalue weighted by Crippen LogP contribution is -2.22. The number of nitrogens with one attached hydrogen (secondary N) is 1. The normalized spacial score (nSPS) is 19.9. The van der Waals surface area contributed by atoms with Crippen molar-refractivity contribution >= 4 is 12.2 Å². The number of hydrogen-bond acceptors (Lipinski definition) is 3. The van der Waals surface area contributed by atoms with Gasteiger partial charge in [0.1, 0.15) is 24.8 Å². The maximum absolute atomic E-state index is 13.1. The van der Waals surface area contributed by atoms with Gasteiger partial charge in [-0.2, -0.15) is 0 Å². The zero-order valence-corrected chi connectivity index (χ0v) is 11.4. The summed E-state index contributed by atoms with van der Waals surface area (Å²) in [6.45, 7) is 4.94. The van der Waals surface area contributed by atoms with E-state index in [0.717, 1.165) is 5.57 Å². The fourth-order valence-electron chi connectivity index (χ4n) is 2.53. The third-order valence-electron chi connectivity index (χ3n) is 3.41. The van der Waals surface area contributed by atoms with Gasteiger partial charge < -0.3 is 10.1 Å². The average molecular weight is 277 g/mol. The first-order valence-corrected chi connectivity index (χ1v) is 6.26. The number of aldehydes is 1. The van der Waals surface area contributed by atoms with Crippen LogP contribution in [-0.4, -0.2) is 32.0 Å². The molecule has 1 aliphatic rings. The van der Waals surface area contributed by atoms with Gasteiger partial charge in [-0.15, -0.1) is 0 Å². The fourth-order valence-corrected chi connectivity index (χ4v) is 2.53. The van der Waals surface area contributed by atoms with Crippen molar-refractivity contribution in [1.82, 2.24) is 5.32 Å². The quantitative estimate of drug-likeness (QED) is 0.678. The van der Waals surface area contributed by atoms with Crippen molar-refractivity contribution in [2.45, 2.75) is 18.9 Å². The van der Waals surface area contributed by atoms with Gasteiger partial charge in [-0.3, -0.25) is 9.59 Å². The summed E-state index contributed by atoms with van der Waals surface area (Å²) >= 11 is 0. The molecule has 106 valence electrons. The molecule has 1 amide bonds. The highest BCUT2D eigenvalue weighted by Gasteiger charge is 2.37. The molecule has 0 aromatic heterocycles. The average Bonchev–Trinajstić information content (AvgIpc) is 2.83. The lowest BCUT2D eigenvalue weighted by Gasteiger charge is -2.15. The maximum atomic E-state index is 13.1. The van der Waals surface area contributed by atoms with Crippen LogP contribution in [0.3, 0.4) is 0 Å². The molecule has 1 aromatic carbocycles. The zero-order valence-electron chi connectivity index (χ0n) is 11.4. The number of alkyl halides is 1. The van der Waals surface area contributed by atoms with E-state index in [1.165, 1.54) is 13.1 Å². The van der Waals surface area contributed by atoms with E-state index in [1.54, 1.807) is 13.0 Å². The van der Waals surface area contributed by atoms with Crippen molar-refractivity contribution in [2.24, 2.45) is 0 Å². The van der Waals surface area contributed by atoms with E-state index in [-0.39, 0.29) is 17.4 Å². The summed E-state index contributed by atoms with van der Waals surface area (Å²) in [5, 5.41) is 2.49. The molecule has 1 unspecified atom stereocenters. The number of rotatable bonds is 4. The molecular formula is C15H16FNO3. The third-order valence-corrected chi connectivity index (χ3v) is 3.41. The van der Waals surface area contributed by atoms with Gasteiger partial charge in [-0.1, -0.05) is 12.2 Å². The molecule has 1 aliphatic heterocycles. The first-order valence-electron chi connectivity index (χ1n) is 6.26. The van der Waals surface area contributed by atoms with E-state index in [2.05, 4.69) is 11.9 Å². The first-order chi connectivity index (χ1) is 9.53. The lowest BCUT2D eigenvalue weighted by molar-refractivity contribution is 0.0955. The van der Waals surface area contributed by atoms with Crippen LogP contribution in [0.4, 0.5) is 4.39 Å². The van der Waals surface area contributed by atoms with E-state index in [1.807, 2.05) is 0 Å². The zero-order chi connectivity index (χ0) is 14.9. The second-order valence-corrected chi connectivity index (χ2v) is 4.82. The molecule has 2 rings (SSSR count). The fraction of sp³-hybridized carbons (Fsp3) is 0.333. The SMILES string of the molecule is C=C(C)[C@H]1c2cc(C=O)cc(C(=O)NC)c2OC1CF. The van der Waals surface area contributed by atoms with Gasteiger partial charge in [-0.25, -0.2) is 4.39 Å². The molecule has 0 radical (unpaired) electrons. The minimum absolute atomic E-state index is 0.245. The molecule has 1 heterocycles. The predicted octanol–water partition coefficient (Wildman–Crippen LogP) is 2.25. The standard InChI is InChI=1S/C15H16FNO3/c1-8(2)13-10-4-9(7-18)5-11(15(19)17-3)14(10)20-12(13)6-16/h4-5,7,12-13H,1,6H2,2-3H3,(H,17,19)/t12?,13-/m0/s1. The lowest BCUT2D eigenvalue weighted by atomic mass is 9.88. The number of hydrogen-bond donors (Lipinski definition) is 1. The van der Waals surface area contributed by atoms with Crippen LogP contribution < -0.4 is 10.1 Å². The minimum Gasteiger partial charge on any atom is -0.486 e. The van der Waals surface area contributed by atoms with Crippen molar-refractivity contribution in [2.75, 3.05) is 13.7 Å². The van der Waals surface area contributed by atoms with Gasteiger partial charge in [-0.05, 0) is 19.1 Å². The summed E-state index contributed by atoms with van der Waals surface area (Å²) in [4.78, 5) is 22.9. The minimum atomic E-state index is -0.701. The highest BCUT2D eigenvalue weighted by atomic mass is 19.1. The number of fused-ring (bicyclic) bond motifs is 1. The van der Waals surface area contributed by atoms with E-state index >= 15 is 0 Å². The van der Waals surface area contributed by atoms with Gasteiger partial charge in [0.15, 0.2) is 0 Å². The van der Waals surface area contributed by atoms with Crippen molar-refractivity contribution in [1.29, 1.82) is 0 Å². The Balaban J connectivity index is 2.64. The maximum Gasteiger partial charge on any atom is 0.254 e. The predicted molar refractivity (Wildman–Crippen MR) is 73.2 cm³/mol. The summed E-state index contributed by atoms with van der Waals surface area (Å²) in [5.74, 6) is -0.381. The van der Waals surface area contributed by atoms with Crippen molar-refractivity contribution in [3.8, 4) is 5.75 Å². The van der Waals surface area contributed by atoms with E-state index < -0.39 is 12.8 Å². The van der Waals surface area contributed by atoms with Gasteiger partial charge >= 0.3 is 0 Å². The Morgan fingerprint density at radius 2 is 2.25 bits per heavy atom. The highest BCUT2D eigenvalue weighted by molar-refractivity contribution is 5.99. The number of amides is 1. The Hall–Kier alpha value is -2.17. The third kappa shape index (κ3) is 2.19. The topological polar surface area (TPSA) is 55.4 Å². The Morgan fingerprint density at radius 1 is 1.55 bits per heavy atom. The van der Waals surface area contributed by atoms with E-state index in [4.69, 9.17) is 4.74 Å². The number of halogens is 1. The second-order valence-electron chi connectivity index (χ2n) is 4.82. The molecule has 20 heavy (non-hydrogen) atoms. The van der Waals surface area contributed by atoms with Crippen LogP contribution in [0.15, 0.2) is 24.3 Å². The van der Waals surface area contributed by atoms with Gasteiger partial charge in [0.05, 0.1) is 5.56 Å². The first kappa shape index (κ1) is 14.2. The van der Waals surface area contributed by atoms with E-state index in [0.29, 0.717) is 23.2 Å². The van der Waals surface area contributed by atoms with Crippen LogP contribution in [0.25, 0.3) is 0 Å². The van der Waals surface area contributed by atoms with Crippen LogP contribution >= 0.6 is 0 Å². The summed E-state index contributed by atoms with van der Waals surface area (Å²) in [5.41, 5.74) is 1.98. The molecule has 0 saturated heterocycles. The molecule has 4 nitrogen and oxygen atoms in total. The molecule has 0 bridgehead atoms. The monoisotopic (exact) mass is 277 g/mol. The van der Waals surface area contributed by atoms with Gasteiger partial charge in [0, 0.05) is 24.1 Å². The molecule has 0 spiro atoms. The number of carbonyl (C=O) groups excluding carboxylic acids is 2. The van der Waals surface area contributed by atoms with Crippen molar-refractivity contribution in [3.05, 3.63) is 41.0 Å². The smallest absolute Gasteiger partial charge is 0.254 e.